The molecule has 0 amide bonds. The fourth-order valence-corrected chi connectivity index (χ4v) is 0.577. The first-order valence-electron chi connectivity index (χ1n) is 4.72. The molecule has 4 atom stereocenters. The third kappa shape index (κ3) is 7.22. The molecule has 12 nitrogen and oxygen atoms in total. The van der Waals surface area contributed by atoms with Gasteiger partial charge in [0.15, 0.2) is 12.2 Å². The molecule has 0 fully saturated rings. The van der Waals surface area contributed by atoms with E-state index in [1.807, 2.05) is 0 Å². The SMILES string of the molecule is N[C@H](C(=O)O)C(O)C(=O)O.N[C@H](C(=O)O)C(O)C(=O)O. The van der Waals surface area contributed by atoms with Crippen LogP contribution in [-0.4, -0.2) is 78.8 Å². The lowest BCUT2D eigenvalue weighted by molar-refractivity contribution is -0.154. The van der Waals surface area contributed by atoms with Crippen LogP contribution in [0.2, 0.25) is 0 Å². The van der Waals surface area contributed by atoms with E-state index in [-0.39, 0.29) is 0 Å². The Hall–Kier alpha value is -2.28. The van der Waals surface area contributed by atoms with Crippen LogP contribution >= 0.6 is 0 Å². The normalized spacial score (nSPS) is 15.8. The fraction of sp³-hybridized carbons (Fsp3) is 0.500. The minimum atomic E-state index is -2.04. The van der Waals surface area contributed by atoms with Gasteiger partial charge in [-0.3, -0.25) is 9.59 Å². The zero-order chi connectivity index (χ0) is 16.6. The maximum Gasteiger partial charge on any atom is 0.334 e. The van der Waals surface area contributed by atoms with Crippen LogP contribution in [-0.2, 0) is 19.2 Å². The Morgan fingerprint density at radius 2 is 0.800 bits per heavy atom. The van der Waals surface area contributed by atoms with E-state index in [0.717, 1.165) is 0 Å². The Balaban J connectivity index is 0. The van der Waals surface area contributed by atoms with Gasteiger partial charge in [0.25, 0.3) is 0 Å². The second-order valence-corrected chi connectivity index (χ2v) is 3.29. The number of aliphatic hydroxyl groups is 2. The number of hydrogen-bond donors (Lipinski definition) is 8. The first-order valence-corrected chi connectivity index (χ1v) is 4.72. The molecular weight excluding hydrogens is 284 g/mol. The Morgan fingerprint density at radius 1 is 0.600 bits per heavy atom. The summed E-state index contributed by atoms with van der Waals surface area (Å²) in [5.74, 6) is -6.38. The van der Waals surface area contributed by atoms with E-state index in [4.69, 9.17) is 42.1 Å². The quantitative estimate of drug-likeness (QED) is 0.232. The van der Waals surface area contributed by atoms with Crippen molar-refractivity contribution in [2.75, 3.05) is 0 Å². The van der Waals surface area contributed by atoms with Crippen LogP contribution in [0.1, 0.15) is 0 Å². The summed E-state index contributed by atoms with van der Waals surface area (Å²) in [6, 6.07) is -3.53. The lowest BCUT2D eigenvalue weighted by Crippen LogP contribution is -2.46. The average Bonchev–Trinajstić information content (AvgIpc) is 2.35. The highest BCUT2D eigenvalue weighted by Crippen LogP contribution is 1.90. The highest BCUT2D eigenvalue weighted by atomic mass is 16.4. The molecule has 0 aliphatic heterocycles. The average molecular weight is 298 g/mol. The predicted molar refractivity (Wildman–Crippen MR) is 58.5 cm³/mol. The predicted octanol–water partition coefficient (Wildman–Crippen LogP) is -4.31. The first-order chi connectivity index (χ1) is 8.93. The molecule has 0 spiro atoms. The van der Waals surface area contributed by atoms with Crippen molar-refractivity contribution in [3.63, 3.8) is 0 Å². The Bertz CT molecular complexity index is 311. The molecule has 0 saturated heterocycles. The molecule has 0 aliphatic rings. The molecule has 0 aromatic heterocycles. The van der Waals surface area contributed by atoms with Crippen LogP contribution < -0.4 is 11.5 Å². The summed E-state index contributed by atoms with van der Waals surface area (Å²) in [5.41, 5.74) is 9.46. The number of aliphatic hydroxyl groups excluding tert-OH is 2. The number of carbonyl (C=O) groups is 4. The number of carboxylic acids is 4. The van der Waals surface area contributed by atoms with Gasteiger partial charge in [0.1, 0.15) is 12.1 Å². The summed E-state index contributed by atoms with van der Waals surface area (Å²) >= 11 is 0. The third-order valence-electron chi connectivity index (χ3n) is 1.76. The van der Waals surface area contributed by atoms with Crippen molar-refractivity contribution in [3.8, 4) is 0 Å². The van der Waals surface area contributed by atoms with Gasteiger partial charge in [0.05, 0.1) is 0 Å². The first kappa shape index (κ1) is 20.0. The van der Waals surface area contributed by atoms with Crippen molar-refractivity contribution < 1.29 is 49.8 Å². The maximum atomic E-state index is 9.90. The Kier molecular flexibility index (Phi) is 8.78. The highest BCUT2D eigenvalue weighted by molar-refractivity contribution is 5.84. The number of carboxylic acid groups (broad SMARTS) is 4. The van der Waals surface area contributed by atoms with Crippen LogP contribution in [0.25, 0.3) is 0 Å². The van der Waals surface area contributed by atoms with Crippen LogP contribution in [0, 0.1) is 0 Å². The number of hydrogen-bond acceptors (Lipinski definition) is 8. The summed E-state index contributed by atoms with van der Waals surface area (Å²) in [6.45, 7) is 0. The molecule has 10 N–H and O–H groups in total. The van der Waals surface area contributed by atoms with Gasteiger partial charge >= 0.3 is 23.9 Å². The monoisotopic (exact) mass is 298 g/mol. The molecule has 0 heterocycles. The number of aliphatic carboxylic acids is 4. The summed E-state index contributed by atoms with van der Waals surface area (Å²) in [7, 11) is 0. The zero-order valence-electron chi connectivity index (χ0n) is 9.78. The van der Waals surface area contributed by atoms with Crippen molar-refractivity contribution in [2.24, 2.45) is 11.5 Å². The van der Waals surface area contributed by atoms with Gasteiger partial charge < -0.3 is 42.1 Å². The van der Waals surface area contributed by atoms with Crippen LogP contribution in [0.15, 0.2) is 0 Å². The molecule has 0 aromatic carbocycles. The van der Waals surface area contributed by atoms with Crippen LogP contribution in [0.4, 0.5) is 0 Å². The van der Waals surface area contributed by atoms with Crippen molar-refractivity contribution in [3.05, 3.63) is 0 Å². The van der Waals surface area contributed by atoms with Gasteiger partial charge in [0.2, 0.25) is 0 Å². The molecule has 12 heteroatoms. The van der Waals surface area contributed by atoms with Crippen LogP contribution in [0.3, 0.4) is 0 Å². The van der Waals surface area contributed by atoms with Gasteiger partial charge in [-0.1, -0.05) is 0 Å². The number of rotatable bonds is 6. The van der Waals surface area contributed by atoms with E-state index < -0.39 is 48.2 Å². The van der Waals surface area contributed by atoms with Gasteiger partial charge in [-0.15, -0.1) is 0 Å². The molecule has 20 heavy (non-hydrogen) atoms. The minimum absolute atomic E-state index is 1.55. The largest absolute Gasteiger partial charge is 0.480 e. The summed E-state index contributed by atoms with van der Waals surface area (Å²) in [5, 5.41) is 49.0. The van der Waals surface area contributed by atoms with Crippen molar-refractivity contribution in [1.29, 1.82) is 0 Å². The third-order valence-corrected chi connectivity index (χ3v) is 1.76. The lowest BCUT2D eigenvalue weighted by Gasteiger charge is -2.08. The van der Waals surface area contributed by atoms with Crippen LogP contribution in [0.5, 0.6) is 0 Å². The second-order valence-electron chi connectivity index (χ2n) is 3.29. The topological polar surface area (TPSA) is 242 Å². The molecule has 2 unspecified atom stereocenters. The van der Waals surface area contributed by atoms with E-state index in [0.29, 0.717) is 0 Å². The van der Waals surface area contributed by atoms with Gasteiger partial charge in [-0.25, -0.2) is 9.59 Å². The molecule has 0 radical (unpaired) electrons. The van der Waals surface area contributed by atoms with E-state index in [2.05, 4.69) is 0 Å². The zero-order valence-corrected chi connectivity index (χ0v) is 9.78. The van der Waals surface area contributed by atoms with E-state index >= 15 is 0 Å². The molecular formula is C8H14N2O10. The molecule has 0 aliphatic carbocycles. The van der Waals surface area contributed by atoms with Gasteiger partial charge in [0, 0.05) is 0 Å². The number of nitrogens with two attached hydrogens (primary N) is 2. The highest BCUT2D eigenvalue weighted by Gasteiger charge is 2.28. The Labute approximate surface area is 110 Å². The molecule has 116 valence electrons. The van der Waals surface area contributed by atoms with Crippen molar-refractivity contribution >= 4 is 23.9 Å². The fourth-order valence-electron chi connectivity index (χ4n) is 0.577. The summed E-state index contributed by atoms with van der Waals surface area (Å²) in [4.78, 5) is 39.5. The van der Waals surface area contributed by atoms with E-state index in [9.17, 15) is 19.2 Å². The van der Waals surface area contributed by atoms with E-state index in [1.54, 1.807) is 0 Å². The van der Waals surface area contributed by atoms with Gasteiger partial charge in [-0.2, -0.15) is 0 Å². The minimum Gasteiger partial charge on any atom is -0.480 e. The van der Waals surface area contributed by atoms with E-state index in [1.165, 1.54) is 0 Å². The van der Waals surface area contributed by atoms with Gasteiger partial charge in [-0.05, 0) is 0 Å². The summed E-state index contributed by atoms with van der Waals surface area (Å²) in [6.07, 6.45) is -4.09. The lowest BCUT2D eigenvalue weighted by atomic mass is 10.2. The smallest absolute Gasteiger partial charge is 0.334 e. The van der Waals surface area contributed by atoms with Crippen molar-refractivity contribution in [1.82, 2.24) is 0 Å². The van der Waals surface area contributed by atoms with Crippen molar-refractivity contribution in [2.45, 2.75) is 24.3 Å². The molecule has 0 saturated carbocycles. The Morgan fingerprint density at radius 3 is 0.850 bits per heavy atom. The summed E-state index contributed by atoms with van der Waals surface area (Å²) < 4.78 is 0. The standard InChI is InChI=1S/2C4H7NO5/c2*5-1(3(7)8)2(6)4(9)10/h2*1-2,6H,5H2,(H,7,8)(H,9,10)/t2*1-,2?/m00/s1. The maximum absolute atomic E-state index is 9.90. The molecule has 0 aromatic rings. The molecule has 0 rings (SSSR count). The second kappa shape index (κ2) is 8.76. The molecule has 0 bridgehead atoms.